The van der Waals surface area contributed by atoms with Crippen molar-refractivity contribution >= 4 is 60.6 Å². The van der Waals surface area contributed by atoms with E-state index < -0.39 is 0 Å². The van der Waals surface area contributed by atoms with E-state index in [1.54, 1.807) is 0 Å². The van der Waals surface area contributed by atoms with Crippen molar-refractivity contribution in [1.29, 1.82) is 5.26 Å². The summed E-state index contributed by atoms with van der Waals surface area (Å²) in [5, 5.41) is 14.9. The molecule has 2 heterocycles. The quantitative estimate of drug-likeness (QED) is 0.194. The SMILES string of the molecule is C/C(=C(\C(=C(/C)n1c2ccccc2c2ccccc21)C(C)(C)C)c1cccc(C#N)c1)n1c2ccccc2c2ccccc21. The zero-order valence-electron chi connectivity index (χ0n) is 25.9. The van der Waals surface area contributed by atoms with Gasteiger partial charge in [0.15, 0.2) is 0 Å². The summed E-state index contributed by atoms with van der Waals surface area (Å²) in [6, 6.07) is 45.1. The molecule has 2 aromatic heterocycles. The van der Waals surface area contributed by atoms with Crippen LogP contribution in [-0.2, 0) is 0 Å². The average Bonchev–Trinajstić information content (AvgIpc) is 3.56. The molecule has 0 saturated heterocycles. The van der Waals surface area contributed by atoms with E-state index in [0.29, 0.717) is 5.56 Å². The third kappa shape index (κ3) is 4.26. The first-order chi connectivity index (χ1) is 21.3. The number of nitrogens with zero attached hydrogens (tertiary/aromatic N) is 3. The van der Waals surface area contributed by atoms with Crippen LogP contribution in [0.15, 0.2) is 127 Å². The molecule has 0 aliphatic rings. The molecular formula is C41H35N3. The highest BCUT2D eigenvalue weighted by Gasteiger charge is 2.29. The van der Waals surface area contributed by atoms with Crippen molar-refractivity contribution in [3.63, 3.8) is 0 Å². The Morgan fingerprint density at radius 2 is 0.955 bits per heavy atom. The molecule has 0 saturated carbocycles. The Hall–Kier alpha value is -5.33. The maximum Gasteiger partial charge on any atom is 0.0991 e. The van der Waals surface area contributed by atoms with E-state index in [1.165, 1.54) is 54.9 Å². The lowest BCUT2D eigenvalue weighted by molar-refractivity contribution is 0.520. The highest BCUT2D eigenvalue weighted by molar-refractivity contribution is 6.13. The van der Waals surface area contributed by atoms with Crippen molar-refractivity contribution in [3.05, 3.63) is 138 Å². The van der Waals surface area contributed by atoms with Gasteiger partial charge in [-0.3, -0.25) is 0 Å². The molecule has 7 rings (SSSR count). The van der Waals surface area contributed by atoms with Crippen LogP contribution >= 0.6 is 0 Å². The zero-order chi connectivity index (χ0) is 30.6. The highest BCUT2D eigenvalue weighted by Crippen LogP contribution is 2.46. The lowest BCUT2D eigenvalue weighted by Gasteiger charge is -2.31. The Bertz CT molecular complexity index is 2230. The maximum absolute atomic E-state index is 9.96. The van der Waals surface area contributed by atoms with Crippen LogP contribution in [0.1, 0.15) is 45.7 Å². The van der Waals surface area contributed by atoms with Gasteiger partial charge in [-0.1, -0.05) is 106 Å². The number of hydrogen-bond donors (Lipinski definition) is 0. The van der Waals surface area contributed by atoms with Gasteiger partial charge in [0.05, 0.1) is 33.7 Å². The predicted molar refractivity (Wildman–Crippen MR) is 187 cm³/mol. The van der Waals surface area contributed by atoms with Crippen LogP contribution in [0.5, 0.6) is 0 Å². The molecule has 0 aliphatic carbocycles. The average molecular weight is 570 g/mol. The molecule has 0 atom stereocenters. The second-order valence-corrected chi connectivity index (χ2v) is 12.6. The fraction of sp³-hybridized carbons (Fsp3) is 0.146. The number of nitriles is 1. The summed E-state index contributed by atoms with van der Waals surface area (Å²) in [5.74, 6) is 0. The summed E-state index contributed by atoms with van der Waals surface area (Å²) in [7, 11) is 0. The number of rotatable bonds is 4. The summed E-state index contributed by atoms with van der Waals surface area (Å²) in [6.45, 7) is 11.4. The lowest BCUT2D eigenvalue weighted by Crippen LogP contribution is -2.17. The molecule has 214 valence electrons. The number of allylic oxidation sites excluding steroid dienone is 4. The van der Waals surface area contributed by atoms with Crippen LogP contribution in [0, 0.1) is 16.7 Å². The Kier molecular flexibility index (Phi) is 6.52. The molecule has 3 heteroatoms. The smallest absolute Gasteiger partial charge is 0.0991 e. The van der Waals surface area contributed by atoms with Crippen molar-refractivity contribution in [2.75, 3.05) is 0 Å². The molecule has 0 amide bonds. The molecule has 3 nitrogen and oxygen atoms in total. The second-order valence-electron chi connectivity index (χ2n) is 12.6. The van der Waals surface area contributed by atoms with Crippen LogP contribution in [0.3, 0.4) is 0 Å². The minimum Gasteiger partial charge on any atom is -0.313 e. The van der Waals surface area contributed by atoms with E-state index in [9.17, 15) is 5.26 Å². The summed E-state index contributed by atoms with van der Waals surface area (Å²) in [6.07, 6.45) is 0. The number of aromatic nitrogens is 2. The fourth-order valence-electron chi connectivity index (χ4n) is 7.17. The first kappa shape index (κ1) is 27.5. The van der Waals surface area contributed by atoms with E-state index in [1.807, 2.05) is 18.2 Å². The van der Waals surface area contributed by atoms with Crippen molar-refractivity contribution < 1.29 is 0 Å². The predicted octanol–water partition coefficient (Wildman–Crippen LogP) is 11.1. The van der Waals surface area contributed by atoms with Crippen LogP contribution in [0.2, 0.25) is 0 Å². The topological polar surface area (TPSA) is 33.6 Å². The van der Waals surface area contributed by atoms with Crippen molar-refractivity contribution in [2.45, 2.75) is 34.6 Å². The Morgan fingerprint density at radius 3 is 1.36 bits per heavy atom. The van der Waals surface area contributed by atoms with Gasteiger partial charge < -0.3 is 9.13 Å². The van der Waals surface area contributed by atoms with Crippen LogP contribution in [-0.4, -0.2) is 9.13 Å². The molecule has 44 heavy (non-hydrogen) atoms. The molecule has 0 radical (unpaired) electrons. The van der Waals surface area contributed by atoms with E-state index in [-0.39, 0.29) is 5.41 Å². The molecule has 5 aromatic carbocycles. The summed E-state index contributed by atoms with van der Waals surface area (Å²) in [4.78, 5) is 0. The normalized spacial score (nSPS) is 13.4. The molecule has 0 spiro atoms. The van der Waals surface area contributed by atoms with Crippen LogP contribution in [0.25, 0.3) is 60.6 Å². The first-order valence-corrected chi connectivity index (χ1v) is 15.2. The third-order valence-corrected chi connectivity index (χ3v) is 8.83. The zero-order valence-corrected chi connectivity index (χ0v) is 25.9. The Labute approximate surface area is 258 Å². The molecule has 7 aromatic rings. The Morgan fingerprint density at radius 1 is 0.545 bits per heavy atom. The van der Waals surface area contributed by atoms with Gasteiger partial charge in [0.2, 0.25) is 0 Å². The maximum atomic E-state index is 9.96. The molecule has 0 aliphatic heterocycles. The molecule has 0 N–H and O–H groups in total. The minimum absolute atomic E-state index is 0.242. The first-order valence-electron chi connectivity index (χ1n) is 15.2. The molecular weight excluding hydrogens is 534 g/mol. The molecule has 0 unspecified atom stereocenters. The summed E-state index contributed by atoms with van der Waals surface area (Å²) < 4.78 is 4.84. The van der Waals surface area contributed by atoms with Gasteiger partial charge in [-0.15, -0.1) is 0 Å². The van der Waals surface area contributed by atoms with Gasteiger partial charge >= 0.3 is 0 Å². The monoisotopic (exact) mass is 569 g/mol. The highest BCUT2D eigenvalue weighted by atomic mass is 15.0. The second kappa shape index (κ2) is 10.4. The van der Waals surface area contributed by atoms with Crippen molar-refractivity contribution in [2.24, 2.45) is 5.41 Å². The van der Waals surface area contributed by atoms with Crippen LogP contribution < -0.4 is 0 Å². The molecule has 0 bridgehead atoms. The number of benzene rings is 5. The summed E-state index contributed by atoms with van der Waals surface area (Å²) >= 11 is 0. The van der Waals surface area contributed by atoms with Gasteiger partial charge in [-0.05, 0) is 66.8 Å². The number of para-hydroxylation sites is 4. The molecule has 0 fully saturated rings. The largest absolute Gasteiger partial charge is 0.313 e. The van der Waals surface area contributed by atoms with Crippen LogP contribution in [0.4, 0.5) is 0 Å². The van der Waals surface area contributed by atoms with E-state index in [2.05, 4.69) is 153 Å². The van der Waals surface area contributed by atoms with Crippen molar-refractivity contribution in [3.8, 4) is 6.07 Å². The Balaban J connectivity index is 1.68. The van der Waals surface area contributed by atoms with E-state index in [4.69, 9.17) is 0 Å². The standard InChI is InChI=1S/C41H35N3/c1-27(43-35-21-10-6-17-31(35)32-18-7-11-22-36(32)43)39(30-16-14-15-29(25-30)26-42)40(41(3,4)5)28(2)44-37-23-12-8-19-33(37)34-20-9-13-24-38(34)44/h6-25H,1-5H3/b39-27+,40-28-. The van der Waals surface area contributed by atoms with E-state index >= 15 is 0 Å². The van der Waals surface area contributed by atoms with Gasteiger partial charge in [0.1, 0.15) is 0 Å². The van der Waals surface area contributed by atoms with Gasteiger partial charge in [0.25, 0.3) is 0 Å². The van der Waals surface area contributed by atoms with Gasteiger partial charge in [-0.25, -0.2) is 0 Å². The summed E-state index contributed by atoms with van der Waals surface area (Å²) in [5.41, 5.74) is 10.8. The number of fused-ring (bicyclic) bond motifs is 6. The third-order valence-electron chi connectivity index (χ3n) is 8.83. The van der Waals surface area contributed by atoms with E-state index in [0.717, 1.165) is 16.8 Å². The van der Waals surface area contributed by atoms with Gasteiger partial charge in [-0.2, -0.15) is 5.26 Å². The van der Waals surface area contributed by atoms with Crippen molar-refractivity contribution in [1.82, 2.24) is 9.13 Å². The lowest BCUT2D eigenvalue weighted by atomic mass is 9.77. The van der Waals surface area contributed by atoms with Gasteiger partial charge in [0, 0.05) is 38.5 Å². The minimum atomic E-state index is -0.242. The fourth-order valence-corrected chi connectivity index (χ4v) is 7.17. The number of hydrogen-bond acceptors (Lipinski definition) is 1.